The number of fused-ring (bicyclic) bond motifs is 1. The van der Waals surface area contributed by atoms with Gasteiger partial charge in [-0.3, -0.25) is 4.98 Å². The standard InChI is InChI=1S/C17H22BrN3/c1-17(2)7-3-4-12(9-17)21-16-13-8-11(18)5-6-15(13)20-10-14(16)19/h5-6,8,10,12H,3-4,7,9,19H2,1-2H3,(H,20,21). The number of nitrogens with two attached hydrogens (primary N) is 1. The summed E-state index contributed by atoms with van der Waals surface area (Å²) < 4.78 is 1.05. The highest BCUT2D eigenvalue weighted by Gasteiger charge is 2.28. The van der Waals surface area contributed by atoms with Gasteiger partial charge in [-0.15, -0.1) is 0 Å². The second-order valence-corrected chi connectivity index (χ2v) is 7.77. The van der Waals surface area contributed by atoms with Crippen molar-refractivity contribution in [3.8, 4) is 0 Å². The lowest BCUT2D eigenvalue weighted by Gasteiger charge is -2.36. The fourth-order valence-corrected chi connectivity index (χ4v) is 3.73. The Hall–Kier alpha value is -1.29. The molecule has 1 unspecified atom stereocenters. The van der Waals surface area contributed by atoms with Crippen LogP contribution < -0.4 is 11.1 Å². The third kappa shape index (κ3) is 3.15. The van der Waals surface area contributed by atoms with Gasteiger partial charge in [0.15, 0.2) is 0 Å². The number of hydrogen-bond acceptors (Lipinski definition) is 3. The van der Waals surface area contributed by atoms with Gasteiger partial charge in [0.1, 0.15) is 0 Å². The fraction of sp³-hybridized carbons (Fsp3) is 0.471. The molecule has 1 aliphatic carbocycles. The van der Waals surface area contributed by atoms with E-state index in [0.717, 1.165) is 26.8 Å². The van der Waals surface area contributed by atoms with Crippen LogP contribution in [0.4, 0.5) is 11.4 Å². The molecule has 1 saturated carbocycles. The molecule has 3 N–H and O–H groups in total. The van der Waals surface area contributed by atoms with Crippen molar-refractivity contribution in [2.45, 2.75) is 45.6 Å². The van der Waals surface area contributed by atoms with E-state index in [1.807, 2.05) is 12.1 Å². The monoisotopic (exact) mass is 347 g/mol. The lowest BCUT2D eigenvalue weighted by atomic mass is 9.75. The molecule has 3 nitrogen and oxygen atoms in total. The minimum atomic E-state index is 0.411. The molecule has 1 aromatic heterocycles. The molecule has 4 heteroatoms. The van der Waals surface area contributed by atoms with Crippen molar-refractivity contribution in [2.75, 3.05) is 11.1 Å². The first-order valence-corrected chi connectivity index (χ1v) is 8.34. The Balaban J connectivity index is 1.96. The largest absolute Gasteiger partial charge is 0.396 e. The molecular formula is C17H22BrN3. The Bertz CT molecular complexity index is 661. The summed E-state index contributed by atoms with van der Waals surface area (Å²) in [7, 11) is 0. The predicted octanol–water partition coefficient (Wildman–Crippen LogP) is 4.96. The number of nitrogens with zero attached hydrogens (tertiary/aromatic N) is 1. The van der Waals surface area contributed by atoms with Gasteiger partial charge in [0, 0.05) is 15.9 Å². The number of halogens is 1. The van der Waals surface area contributed by atoms with Gasteiger partial charge in [0.2, 0.25) is 0 Å². The molecule has 1 atom stereocenters. The summed E-state index contributed by atoms with van der Waals surface area (Å²) in [5.41, 5.74) is 9.33. The topological polar surface area (TPSA) is 50.9 Å². The summed E-state index contributed by atoms with van der Waals surface area (Å²) in [4.78, 5) is 4.42. The number of hydrogen-bond donors (Lipinski definition) is 2. The number of benzene rings is 1. The lowest BCUT2D eigenvalue weighted by Crippen LogP contribution is -2.32. The van der Waals surface area contributed by atoms with Gasteiger partial charge in [0.25, 0.3) is 0 Å². The molecule has 1 aromatic carbocycles. The Morgan fingerprint density at radius 1 is 1.38 bits per heavy atom. The Morgan fingerprint density at radius 2 is 2.19 bits per heavy atom. The third-order valence-electron chi connectivity index (χ3n) is 4.41. The van der Waals surface area contributed by atoms with Crippen molar-refractivity contribution < 1.29 is 0 Å². The van der Waals surface area contributed by atoms with Crippen LogP contribution >= 0.6 is 15.9 Å². The van der Waals surface area contributed by atoms with Crippen LogP contribution in [0.1, 0.15) is 39.5 Å². The molecule has 1 aliphatic rings. The molecule has 0 radical (unpaired) electrons. The zero-order valence-electron chi connectivity index (χ0n) is 12.6. The summed E-state index contributed by atoms with van der Waals surface area (Å²) in [6.07, 6.45) is 6.73. The summed E-state index contributed by atoms with van der Waals surface area (Å²) in [6, 6.07) is 6.61. The molecule has 2 aromatic rings. The van der Waals surface area contributed by atoms with Crippen molar-refractivity contribution in [1.29, 1.82) is 0 Å². The summed E-state index contributed by atoms with van der Waals surface area (Å²) in [5, 5.41) is 4.78. The van der Waals surface area contributed by atoms with E-state index in [9.17, 15) is 0 Å². The van der Waals surface area contributed by atoms with E-state index in [1.54, 1.807) is 6.20 Å². The maximum absolute atomic E-state index is 6.18. The molecule has 21 heavy (non-hydrogen) atoms. The maximum Gasteiger partial charge on any atom is 0.0743 e. The van der Waals surface area contributed by atoms with Crippen LogP contribution in [0.3, 0.4) is 0 Å². The van der Waals surface area contributed by atoms with Crippen LogP contribution in [-0.4, -0.2) is 11.0 Å². The SMILES string of the molecule is CC1(C)CCCC(Nc2c(N)cnc3ccc(Br)cc23)C1. The number of aromatic nitrogens is 1. The van der Waals surface area contributed by atoms with Crippen molar-refractivity contribution in [3.05, 3.63) is 28.9 Å². The third-order valence-corrected chi connectivity index (χ3v) is 4.91. The molecule has 0 bridgehead atoms. The fourth-order valence-electron chi connectivity index (χ4n) is 3.37. The van der Waals surface area contributed by atoms with E-state index in [2.05, 4.69) is 46.1 Å². The molecular weight excluding hydrogens is 326 g/mol. The second-order valence-electron chi connectivity index (χ2n) is 6.85. The van der Waals surface area contributed by atoms with E-state index in [4.69, 9.17) is 5.73 Å². The molecule has 1 fully saturated rings. The maximum atomic E-state index is 6.18. The van der Waals surface area contributed by atoms with Gasteiger partial charge >= 0.3 is 0 Å². The average Bonchev–Trinajstić information content (AvgIpc) is 2.41. The highest BCUT2D eigenvalue weighted by molar-refractivity contribution is 9.10. The molecule has 112 valence electrons. The minimum Gasteiger partial charge on any atom is -0.396 e. The van der Waals surface area contributed by atoms with Crippen LogP contribution in [0, 0.1) is 5.41 Å². The number of rotatable bonds is 2. The van der Waals surface area contributed by atoms with Gasteiger partial charge in [0.05, 0.1) is 23.1 Å². The van der Waals surface area contributed by atoms with Crippen molar-refractivity contribution in [3.63, 3.8) is 0 Å². The van der Waals surface area contributed by atoms with E-state index in [1.165, 1.54) is 25.7 Å². The van der Waals surface area contributed by atoms with Crippen molar-refractivity contribution >= 4 is 38.2 Å². The van der Waals surface area contributed by atoms with Crippen LogP contribution in [-0.2, 0) is 0 Å². The minimum absolute atomic E-state index is 0.411. The van der Waals surface area contributed by atoms with Crippen LogP contribution in [0.5, 0.6) is 0 Å². The number of pyridine rings is 1. The lowest BCUT2D eigenvalue weighted by molar-refractivity contribution is 0.229. The second kappa shape index (κ2) is 5.48. The molecule has 0 aliphatic heterocycles. The first-order chi connectivity index (χ1) is 9.94. The van der Waals surface area contributed by atoms with Gasteiger partial charge < -0.3 is 11.1 Å². The molecule has 0 amide bonds. The number of anilines is 2. The number of nitrogens with one attached hydrogen (secondary N) is 1. The van der Waals surface area contributed by atoms with Crippen molar-refractivity contribution in [2.24, 2.45) is 5.41 Å². The summed E-state index contributed by atoms with van der Waals surface area (Å²) in [6.45, 7) is 4.71. The van der Waals surface area contributed by atoms with Gasteiger partial charge in [-0.2, -0.15) is 0 Å². The predicted molar refractivity (Wildman–Crippen MR) is 93.5 cm³/mol. The highest BCUT2D eigenvalue weighted by atomic mass is 79.9. The van der Waals surface area contributed by atoms with Gasteiger partial charge in [-0.25, -0.2) is 0 Å². The first-order valence-electron chi connectivity index (χ1n) is 7.55. The van der Waals surface area contributed by atoms with E-state index < -0.39 is 0 Å². The zero-order chi connectivity index (χ0) is 15.0. The summed E-state index contributed by atoms with van der Waals surface area (Å²) >= 11 is 3.54. The molecule has 3 rings (SSSR count). The van der Waals surface area contributed by atoms with Crippen LogP contribution in [0.15, 0.2) is 28.9 Å². The number of nitrogen functional groups attached to an aromatic ring is 1. The molecule has 1 heterocycles. The first kappa shape index (κ1) is 14.6. The van der Waals surface area contributed by atoms with E-state index in [0.29, 0.717) is 11.5 Å². The average molecular weight is 348 g/mol. The quantitative estimate of drug-likeness (QED) is 0.806. The Morgan fingerprint density at radius 3 is 2.95 bits per heavy atom. The highest BCUT2D eigenvalue weighted by Crippen LogP contribution is 2.38. The normalized spacial score (nSPS) is 21.4. The van der Waals surface area contributed by atoms with Gasteiger partial charge in [-0.1, -0.05) is 36.2 Å². The summed E-state index contributed by atoms with van der Waals surface area (Å²) in [5.74, 6) is 0. The smallest absolute Gasteiger partial charge is 0.0743 e. The van der Waals surface area contributed by atoms with Crippen molar-refractivity contribution in [1.82, 2.24) is 4.98 Å². The van der Waals surface area contributed by atoms with Gasteiger partial charge in [-0.05, 0) is 42.9 Å². The van der Waals surface area contributed by atoms with Crippen LogP contribution in [0.2, 0.25) is 0 Å². The van der Waals surface area contributed by atoms with Crippen LogP contribution in [0.25, 0.3) is 10.9 Å². The van der Waals surface area contributed by atoms with E-state index in [-0.39, 0.29) is 0 Å². The molecule has 0 saturated heterocycles. The van der Waals surface area contributed by atoms with E-state index >= 15 is 0 Å². The Labute approximate surface area is 134 Å². The molecule has 0 spiro atoms. The Kier molecular flexibility index (Phi) is 3.82. The zero-order valence-corrected chi connectivity index (χ0v) is 14.2.